The SMILES string of the molecule is CC1CCC(NC2CCCSC2)CN1. The fourth-order valence-corrected chi connectivity index (χ4v) is 3.43. The van der Waals surface area contributed by atoms with Gasteiger partial charge in [-0.25, -0.2) is 0 Å². The third kappa shape index (κ3) is 3.14. The molecule has 2 saturated heterocycles. The molecule has 82 valence electrons. The van der Waals surface area contributed by atoms with E-state index in [1.165, 1.54) is 43.7 Å². The predicted octanol–water partition coefficient (Wildman–Crippen LogP) is 1.61. The smallest absolute Gasteiger partial charge is 0.0196 e. The summed E-state index contributed by atoms with van der Waals surface area (Å²) in [5, 5.41) is 7.35. The summed E-state index contributed by atoms with van der Waals surface area (Å²) in [4.78, 5) is 0. The average Bonchev–Trinajstić information content (AvgIpc) is 2.23. The number of rotatable bonds is 2. The molecule has 0 aromatic carbocycles. The summed E-state index contributed by atoms with van der Waals surface area (Å²) >= 11 is 2.11. The Hall–Kier alpha value is 0.270. The second-order valence-electron chi connectivity index (χ2n) is 4.66. The Morgan fingerprint density at radius 1 is 1.21 bits per heavy atom. The van der Waals surface area contributed by atoms with Crippen LogP contribution in [0.2, 0.25) is 0 Å². The van der Waals surface area contributed by atoms with Crippen molar-refractivity contribution >= 4 is 11.8 Å². The van der Waals surface area contributed by atoms with Crippen molar-refractivity contribution in [3.8, 4) is 0 Å². The molecule has 2 fully saturated rings. The predicted molar refractivity (Wildman–Crippen MR) is 64.0 cm³/mol. The van der Waals surface area contributed by atoms with Gasteiger partial charge in [0.05, 0.1) is 0 Å². The summed E-state index contributed by atoms with van der Waals surface area (Å²) in [6.07, 6.45) is 5.48. The number of piperidine rings is 1. The summed E-state index contributed by atoms with van der Waals surface area (Å²) in [7, 11) is 0. The quantitative estimate of drug-likeness (QED) is 0.730. The van der Waals surface area contributed by atoms with Gasteiger partial charge in [-0.05, 0) is 38.4 Å². The minimum absolute atomic E-state index is 0.730. The van der Waals surface area contributed by atoms with Gasteiger partial charge in [0.15, 0.2) is 0 Å². The molecule has 0 radical (unpaired) electrons. The number of thioether (sulfide) groups is 1. The lowest BCUT2D eigenvalue weighted by Gasteiger charge is -2.33. The molecule has 2 nitrogen and oxygen atoms in total. The van der Waals surface area contributed by atoms with Crippen LogP contribution in [-0.4, -0.2) is 36.2 Å². The van der Waals surface area contributed by atoms with Gasteiger partial charge in [0.2, 0.25) is 0 Å². The summed E-state index contributed by atoms with van der Waals surface area (Å²) in [6, 6.07) is 2.25. The van der Waals surface area contributed by atoms with Crippen LogP contribution >= 0.6 is 11.8 Å². The molecule has 2 aliphatic rings. The maximum Gasteiger partial charge on any atom is 0.0196 e. The second-order valence-corrected chi connectivity index (χ2v) is 5.81. The maximum atomic E-state index is 3.80. The standard InChI is InChI=1S/C11H22N2S/c1-9-4-5-10(7-12-9)13-11-3-2-6-14-8-11/h9-13H,2-8H2,1H3. The first-order chi connectivity index (χ1) is 6.84. The van der Waals surface area contributed by atoms with E-state index in [0.717, 1.165) is 18.1 Å². The Bertz CT molecular complexity index is 161. The molecule has 0 amide bonds. The molecule has 2 heterocycles. The molecule has 0 aliphatic carbocycles. The van der Waals surface area contributed by atoms with E-state index < -0.39 is 0 Å². The highest BCUT2D eigenvalue weighted by Crippen LogP contribution is 2.18. The van der Waals surface area contributed by atoms with Crippen molar-refractivity contribution in [1.29, 1.82) is 0 Å². The van der Waals surface area contributed by atoms with Crippen molar-refractivity contribution in [3.63, 3.8) is 0 Å². The Morgan fingerprint density at radius 2 is 2.14 bits per heavy atom. The summed E-state index contributed by atoms with van der Waals surface area (Å²) in [5.41, 5.74) is 0. The van der Waals surface area contributed by atoms with E-state index in [1.54, 1.807) is 0 Å². The zero-order valence-electron chi connectivity index (χ0n) is 9.09. The molecule has 2 N–H and O–H groups in total. The van der Waals surface area contributed by atoms with Crippen molar-refractivity contribution in [2.75, 3.05) is 18.1 Å². The first-order valence-electron chi connectivity index (χ1n) is 5.92. The van der Waals surface area contributed by atoms with Gasteiger partial charge >= 0.3 is 0 Å². The van der Waals surface area contributed by atoms with E-state index in [9.17, 15) is 0 Å². The third-order valence-corrected chi connectivity index (χ3v) is 4.51. The minimum atomic E-state index is 0.730. The Labute approximate surface area is 91.6 Å². The highest BCUT2D eigenvalue weighted by atomic mass is 32.2. The Kier molecular flexibility index (Phi) is 4.14. The molecule has 2 aliphatic heterocycles. The van der Waals surface area contributed by atoms with E-state index in [2.05, 4.69) is 29.3 Å². The van der Waals surface area contributed by atoms with E-state index >= 15 is 0 Å². The molecule has 3 unspecified atom stereocenters. The topological polar surface area (TPSA) is 24.1 Å². The lowest BCUT2D eigenvalue weighted by atomic mass is 10.0. The van der Waals surface area contributed by atoms with E-state index in [4.69, 9.17) is 0 Å². The first-order valence-corrected chi connectivity index (χ1v) is 7.07. The van der Waals surface area contributed by atoms with Crippen LogP contribution in [-0.2, 0) is 0 Å². The largest absolute Gasteiger partial charge is 0.313 e. The number of hydrogen-bond acceptors (Lipinski definition) is 3. The van der Waals surface area contributed by atoms with Crippen LogP contribution in [0.15, 0.2) is 0 Å². The fourth-order valence-electron chi connectivity index (χ4n) is 2.35. The van der Waals surface area contributed by atoms with Gasteiger partial charge in [-0.1, -0.05) is 0 Å². The zero-order valence-corrected chi connectivity index (χ0v) is 9.91. The van der Waals surface area contributed by atoms with Crippen LogP contribution in [0.1, 0.15) is 32.6 Å². The van der Waals surface area contributed by atoms with E-state index in [0.29, 0.717) is 0 Å². The molecular weight excluding hydrogens is 192 g/mol. The molecule has 14 heavy (non-hydrogen) atoms. The Balaban J connectivity index is 1.68. The van der Waals surface area contributed by atoms with Crippen molar-refractivity contribution < 1.29 is 0 Å². The molecule has 3 heteroatoms. The average molecular weight is 214 g/mol. The van der Waals surface area contributed by atoms with Gasteiger partial charge in [0.1, 0.15) is 0 Å². The van der Waals surface area contributed by atoms with Crippen LogP contribution in [0.3, 0.4) is 0 Å². The van der Waals surface area contributed by atoms with E-state index in [1.807, 2.05) is 0 Å². The molecule has 0 aromatic heterocycles. The normalized spacial score (nSPS) is 39.6. The van der Waals surface area contributed by atoms with Gasteiger partial charge in [-0.2, -0.15) is 11.8 Å². The van der Waals surface area contributed by atoms with Gasteiger partial charge in [-0.3, -0.25) is 0 Å². The monoisotopic (exact) mass is 214 g/mol. The van der Waals surface area contributed by atoms with Crippen LogP contribution in [0.4, 0.5) is 0 Å². The maximum absolute atomic E-state index is 3.80. The van der Waals surface area contributed by atoms with E-state index in [-0.39, 0.29) is 0 Å². The molecular formula is C11H22N2S. The van der Waals surface area contributed by atoms with Gasteiger partial charge < -0.3 is 10.6 Å². The highest BCUT2D eigenvalue weighted by Gasteiger charge is 2.21. The van der Waals surface area contributed by atoms with Crippen molar-refractivity contribution in [1.82, 2.24) is 10.6 Å². The van der Waals surface area contributed by atoms with Crippen LogP contribution in [0.25, 0.3) is 0 Å². The van der Waals surface area contributed by atoms with Gasteiger partial charge in [0.25, 0.3) is 0 Å². The van der Waals surface area contributed by atoms with Gasteiger partial charge in [0, 0.05) is 30.4 Å². The van der Waals surface area contributed by atoms with Crippen molar-refractivity contribution in [2.45, 2.75) is 50.7 Å². The highest BCUT2D eigenvalue weighted by molar-refractivity contribution is 7.99. The summed E-state index contributed by atoms with van der Waals surface area (Å²) in [6.45, 7) is 3.45. The molecule has 0 spiro atoms. The number of hydrogen-bond donors (Lipinski definition) is 2. The molecule has 3 atom stereocenters. The second kappa shape index (κ2) is 5.38. The molecule has 0 saturated carbocycles. The lowest BCUT2D eigenvalue weighted by molar-refractivity contribution is 0.313. The van der Waals surface area contributed by atoms with Gasteiger partial charge in [-0.15, -0.1) is 0 Å². The lowest BCUT2D eigenvalue weighted by Crippen LogP contribution is -2.51. The van der Waals surface area contributed by atoms with Crippen LogP contribution in [0, 0.1) is 0 Å². The zero-order chi connectivity index (χ0) is 9.80. The van der Waals surface area contributed by atoms with Crippen LogP contribution < -0.4 is 10.6 Å². The molecule has 2 rings (SSSR count). The molecule has 0 aromatic rings. The Morgan fingerprint density at radius 3 is 2.79 bits per heavy atom. The molecule has 0 bridgehead atoms. The van der Waals surface area contributed by atoms with Crippen molar-refractivity contribution in [3.05, 3.63) is 0 Å². The number of nitrogens with one attached hydrogen (secondary N) is 2. The van der Waals surface area contributed by atoms with Crippen LogP contribution in [0.5, 0.6) is 0 Å². The first kappa shape index (κ1) is 10.8. The summed E-state index contributed by atoms with van der Waals surface area (Å²) in [5.74, 6) is 2.70. The minimum Gasteiger partial charge on any atom is -0.313 e. The summed E-state index contributed by atoms with van der Waals surface area (Å²) < 4.78 is 0. The third-order valence-electron chi connectivity index (χ3n) is 3.29. The van der Waals surface area contributed by atoms with Crippen molar-refractivity contribution in [2.24, 2.45) is 0 Å². The fraction of sp³-hybridized carbons (Fsp3) is 1.00.